The van der Waals surface area contributed by atoms with Crippen LogP contribution in [0.25, 0.3) is 0 Å². The van der Waals surface area contributed by atoms with Gasteiger partial charge >= 0.3 is 5.97 Å². The van der Waals surface area contributed by atoms with E-state index in [-0.39, 0.29) is 11.7 Å². The van der Waals surface area contributed by atoms with Crippen LogP contribution in [0.3, 0.4) is 0 Å². The van der Waals surface area contributed by atoms with Gasteiger partial charge in [0.25, 0.3) is 0 Å². The number of rotatable bonds is 3. The van der Waals surface area contributed by atoms with Crippen molar-refractivity contribution >= 4 is 24.8 Å². The van der Waals surface area contributed by atoms with Gasteiger partial charge in [0, 0.05) is 6.42 Å². The molecule has 3 nitrogen and oxygen atoms in total. The number of hydrogen-bond acceptors (Lipinski definition) is 3. The van der Waals surface area contributed by atoms with Gasteiger partial charge in [-0.05, 0) is 32.4 Å². The summed E-state index contributed by atoms with van der Waals surface area (Å²) in [6.07, 6.45) is 3.73. The molecule has 1 saturated heterocycles. The fourth-order valence-corrected chi connectivity index (χ4v) is 4.47. The molecule has 0 amide bonds. The third-order valence-corrected chi connectivity index (χ3v) is 6.45. The van der Waals surface area contributed by atoms with Gasteiger partial charge in [-0.2, -0.15) is 0 Å². The Morgan fingerprint density at radius 1 is 1.54 bits per heavy atom. The van der Waals surface area contributed by atoms with Gasteiger partial charge < -0.3 is 8.85 Å². The first-order chi connectivity index (χ1) is 6.18. The molecule has 1 atom stereocenters. The predicted molar refractivity (Wildman–Crippen MR) is 56.9 cm³/mol. The summed E-state index contributed by atoms with van der Waals surface area (Å²) in [7, 11) is -1.52. The van der Waals surface area contributed by atoms with Crippen LogP contribution in [0, 0.1) is 0 Å². The molecule has 0 aliphatic carbocycles. The highest BCUT2D eigenvalue weighted by Gasteiger charge is 2.19. The molecule has 0 saturated carbocycles. The number of hydrogen-bond donors (Lipinski definition) is 0. The van der Waals surface area contributed by atoms with Crippen LogP contribution in [-0.2, 0) is 13.6 Å². The minimum absolute atomic E-state index is 0.0241. The molecule has 0 radical (unpaired) electrons. The lowest BCUT2D eigenvalue weighted by molar-refractivity contribution is -0.144. The van der Waals surface area contributed by atoms with Crippen LogP contribution >= 0.6 is 0 Å². The largest absolute Gasteiger partial charge is 0.464 e. The quantitative estimate of drug-likeness (QED) is 0.511. The Bertz CT molecular complexity index is 173. The van der Waals surface area contributed by atoms with E-state index in [9.17, 15) is 4.79 Å². The van der Waals surface area contributed by atoms with Crippen LogP contribution in [0.15, 0.2) is 0 Å². The van der Waals surface area contributed by atoms with E-state index in [1.165, 1.54) is 0 Å². The molecule has 0 aromatic rings. The summed E-state index contributed by atoms with van der Waals surface area (Å²) >= 11 is 0. The summed E-state index contributed by atoms with van der Waals surface area (Å²) in [5, 5.41) is 0. The lowest BCUT2D eigenvalue weighted by atomic mass is 10.2. The second kappa shape index (κ2) is 5.56. The molecule has 0 bridgehead atoms. The van der Waals surface area contributed by atoms with Crippen molar-refractivity contribution in [2.24, 2.45) is 0 Å². The maximum Gasteiger partial charge on any atom is 0.305 e. The lowest BCUT2D eigenvalue weighted by Gasteiger charge is -2.15. The van der Waals surface area contributed by atoms with Crippen molar-refractivity contribution in [1.82, 2.24) is 0 Å². The number of ether oxygens (including phenoxy) is 1. The molecule has 1 aliphatic rings. The molecule has 1 aliphatic heterocycles. The molecule has 0 spiro atoms. The first kappa shape index (κ1) is 10.9. The SMILES string of the molecule is C[SiH](C)O[SiH2]C1CCCCC(=O)O1. The third kappa shape index (κ3) is 4.59. The Morgan fingerprint density at radius 2 is 2.31 bits per heavy atom. The van der Waals surface area contributed by atoms with E-state index in [1.54, 1.807) is 0 Å². The van der Waals surface area contributed by atoms with Crippen LogP contribution < -0.4 is 0 Å². The van der Waals surface area contributed by atoms with E-state index in [0.717, 1.165) is 19.3 Å². The van der Waals surface area contributed by atoms with Crippen molar-refractivity contribution in [2.75, 3.05) is 0 Å². The molecule has 1 fully saturated rings. The zero-order valence-electron chi connectivity index (χ0n) is 8.41. The highest BCUT2D eigenvalue weighted by Crippen LogP contribution is 2.13. The Labute approximate surface area is 83.5 Å². The van der Waals surface area contributed by atoms with Crippen molar-refractivity contribution in [1.29, 1.82) is 0 Å². The molecule has 0 N–H and O–H groups in total. The molecule has 76 valence electrons. The molecular weight excluding hydrogens is 200 g/mol. The second-order valence-electron chi connectivity index (χ2n) is 3.74. The van der Waals surface area contributed by atoms with Gasteiger partial charge in [-0.15, -0.1) is 0 Å². The smallest absolute Gasteiger partial charge is 0.305 e. The molecule has 1 unspecified atom stereocenters. The van der Waals surface area contributed by atoms with E-state index >= 15 is 0 Å². The van der Waals surface area contributed by atoms with Gasteiger partial charge in [-0.1, -0.05) is 0 Å². The number of carbonyl (C=O) groups excluding carboxylic acids is 1. The molecule has 13 heavy (non-hydrogen) atoms. The molecule has 0 aromatic heterocycles. The van der Waals surface area contributed by atoms with E-state index in [1.807, 2.05) is 0 Å². The highest BCUT2D eigenvalue weighted by atomic mass is 28.3. The van der Waals surface area contributed by atoms with Crippen LogP contribution in [0.1, 0.15) is 25.7 Å². The standard InChI is InChI=1S/C8H18O3Si2/c1-13(2)11-12-8-6-4-3-5-7(9)10-8/h8,13H,3-6,12H2,1-2H3. The fourth-order valence-electron chi connectivity index (χ4n) is 1.36. The van der Waals surface area contributed by atoms with Crippen LogP contribution in [0.4, 0.5) is 0 Å². The lowest BCUT2D eigenvalue weighted by Crippen LogP contribution is -2.28. The summed E-state index contributed by atoms with van der Waals surface area (Å²) < 4.78 is 11.0. The van der Waals surface area contributed by atoms with Crippen molar-refractivity contribution < 1.29 is 13.6 Å². The van der Waals surface area contributed by atoms with Gasteiger partial charge in [-0.3, -0.25) is 4.79 Å². The zero-order valence-corrected chi connectivity index (χ0v) is 11.0. The Morgan fingerprint density at radius 3 is 3.00 bits per heavy atom. The summed E-state index contributed by atoms with van der Waals surface area (Å²) in [6.45, 7) is 4.32. The van der Waals surface area contributed by atoms with Gasteiger partial charge in [0.15, 0.2) is 18.8 Å². The summed E-state index contributed by atoms with van der Waals surface area (Å²) in [5.74, 6) is -0.0241. The maximum absolute atomic E-state index is 11.1. The van der Waals surface area contributed by atoms with Crippen LogP contribution in [0.2, 0.25) is 13.1 Å². The first-order valence-electron chi connectivity index (χ1n) is 4.99. The third-order valence-electron chi connectivity index (χ3n) is 2.07. The van der Waals surface area contributed by atoms with Gasteiger partial charge in [-0.25, -0.2) is 0 Å². The number of esters is 1. The van der Waals surface area contributed by atoms with E-state index in [2.05, 4.69) is 13.1 Å². The average molecular weight is 218 g/mol. The molecule has 0 aromatic carbocycles. The molecule has 5 heteroatoms. The highest BCUT2D eigenvalue weighted by molar-refractivity contribution is 6.56. The maximum atomic E-state index is 11.1. The molecule has 1 rings (SSSR count). The van der Waals surface area contributed by atoms with Crippen molar-refractivity contribution in [3.05, 3.63) is 0 Å². The predicted octanol–water partition coefficient (Wildman–Crippen LogP) is 0.513. The van der Waals surface area contributed by atoms with Crippen molar-refractivity contribution in [3.63, 3.8) is 0 Å². The van der Waals surface area contributed by atoms with E-state index in [0.29, 0.717) is 6.42 Å². The van der Waals surface area contributed by atoms with Gasteiger partial charge in [0.05, 0.1) is 0 Å². The topological polar surface area (TPSA) is 35.5 Å². The summed E-state index contributed by atoms with van der Waals surface area (Å²) in [6, 6.07) is 0. The monoisotopic (exact) mass is 218 g/mol. The van der Waals surface area contributed by atoms with Gasteiger partial charge in [0.2, 0.25) is 0 Å². The van der Waals surface area contributed by atoms with Crippen LogP contribution in [-0.4, -0.2) is 30.5 Å². The Balaban J connectivity index is 2.26. The van der Waals surface area contributed by atoms with E-state index in [4.69, 9.17) is 8.85 Å². The average Bonchev–Trinajstić information content (AvgIpc) is 2.26. The van der Waals surface area contributed by atoms with Crippen LogP contribution in [0.5, 0.6) is 0 Å². The van der Waals surface area contributed by atoms with Crippen molar-refractivity contribution in [2.45, 2.75) is 44.5 Å². The normalized spacial score (nSPS) is 25.2. The minimum atomic E-state index is -0.906. The minimum Gasteiger partial charge on any atom is -0.464 e. The summed E-state index contributed by atoms with van der Waals surface area (Å²) in [5.41, 5.74) is 0.157. The first-order valence-corrected chi connectivity index (χ1v) is 9.17. The van der Waals surface area contributed by atoms with Gasteiger partial charge in [0.1, 0.15) is 5.73 Å². The Hall–Kier alpha value is -0.136. The second-order valence-corrected chi connectivity index (χ2v) is 8.41. The summed E-state index contributed by atoms with van der Waals surface area (Å²) in [4.78, 5) is 11.1. The molecular formula is C8H18O3Si2. The number of cyclic esters (lactones) is 1. The Kier molecular flexibility index (Phi) is 4.68. The van der Waals surface area contributed by atoms with E-state index < -0.39 is 18.8 Å². The van der Waals surface area contributed by atoms with Crippen molar-refractivity contribution in [3.8, 4) is 0 Å². The fraction of sp³-hybridized carbons (Fsp3) is 0.875. The zero-order chi connectivity index (χ0) is 9.68. The number of carbonyl (C=O) groups is 1. The molecule has 1 heterocycles.